The summed E-state index contributed by atoms with van der Waals surface area (Å²) < 4.78 is 2.03. The van der Waals surface area contributed by atoms with Crippen molar-refractivity contribution in [1.29, 1.82) is 0 Å². The third-order valence-corrected chi connectivity index (χ3v) is 5.10. The molecule has 2 unspecified atom stereocenters. The van der Waals surface area contributed by atoms with E-state index in [1.54, 1.807) is 6.20 Å². The second-order valence-corrected chi connectivity index (χ2v) is 7.26. The quantitative estimate of drug-likeness (QED) is 0.735. The first-order valence-corrected chi connectivity index (χ1v) is 9.17. The molecular formula is C21H26ClN5. The number of hydrogen-bond acceptors (Lipinski definition) is 4. The van der Waals surface area contributed by atoms with E-state index in [1.165, 1.54) is 11.1 Å². The molecule has 1 aliphatic heterocycles. The summed E-state index contributed by atoms with van der Waals surface area (Å²) in [5.41, 5.74) is 10.8. The highest BCUT2D eigenvalue weighted by molar-refractivity contribution is 5.85. The molecule has 1 aromatic carbocycles. The Kier molecular flexibility index (Phi) is 6.26. The fourth-order valence-electron chi connectivity index (χ4n) is 3.64. The maximum absolute atomic E-state index is 6.21. The SMILES string of the molecule is CC1CN(Cc2cn(Cc3ccccc3)nc2-c2cccnc2)CC1N.Cl. The van der Waals surface area contributed by atoms with Crippen LogP contribution < -0.4 is 5.73 Å². The van der Waals surface area contributed by atoms with Crippen LogP contribution in [0.3, 0.4) is 0 Å². The third-order valence-electron chi connectivity index (χ3n) is 5.10. The number of aromatic nitrogens is 3. The number of likely N-dealkylation sites (tertiary alicyclic amines) is 1. The first-order valence-electron chi connectivity index (χ1n) is 9.17. The van der Waals surface area contributed by atoms with Gasteiger partial charge >= 0.3 is 0 Å². The molecule has 4 rings (SSSR count). The fourth-order valence-corrected chi connectivity index (χ4v) is 3.64. The molecule has 3 heterocycles. The summed E-state index contributed by atoms with van der Waals surface area (Å²) in [6.07, 6.45) is 5.85. The van der Waals surface area contributed by atoms with Crippen molar-refractivity contribution in [2.45, 2.75) is 26.1 Å². The van der Waals surface area contributed by atoms with Gasteiger partial charge in [0.2, 0.25) is 0 Å². The fraction of sp³-hybridized carbons (Fsp3) is 0.333. The van der Waals surface area contributed by atoms with Crippen molar-refractivity contribution in [3.63, 3.8) is 0 Å². The predicted molar refractivity (Wildman–Crippen MR) is 111 cm³/mol. The zero-order chi connectivity index (χ0) is 17.9. The number of rotatable bonds is 5. The Morgan fingerprint density at radius 2 is 1.89 bits per heavy atom. The van der Waals surface area contributed by atoms with E-state index in [-0.39, 0.29) is 18.4 Å². The number of hydrogen-bond donors (Lipinski definition) is 1. The highest BCUT2D eigenvalue weighted by atomic mass is 35.5. The zero-order valence-electron chi connectivity index (χ0n) is 15.5. The standard InChI is InChI=1S/C21H25N5.ClH/c1-16-11-25(15-20(16)22)13-19-14-26(12-17-6-3-2-4-7-17)24-21(19)18-8-5-9-23-10-18;/h2-10,14,16,20H,11-13,15,22H2,1H3;1H. The Morgan fingerprint density at radius 3 is 2.56 bits per heavy atom. The maximum Gasteiger partial charge on any atom is 0.0983 e. The lowest BCUT2D eigenvalue weighted by molar-refractivity contribution is 0.319. The van der Waals surface area contributed by atoms with Gasteiger partial charge in [-0.2, -0.15) is 5.10 Å². The van der Waals surface area contributed by atoms with Gasteiger partial charge < -0.3 is 5.73 Å². The van der Waals surface area contributed by atoms with E-state index >= 15 is 0 Å². The highest BCUT2D eigenvalue weighted by Crippen LogP contribution is 2.25. The molecule has 0 saturated carbocycles. The summed E-state index contributed by atoms with van der Waals surface area (Å²) in [6, 6.07) is 14.7. The molecule has 3 aromatic rings. The Labute approximate surface area is 166 Å². The van der Waals surface area contributed by atoms with E-state index in [1.807, 2.05) is 23.0 Å². The normalized spacial score (nSPS) is 19.8. The Hall–Kier alpha value is -2.21. The minimum absolute atomic E-state index is 0. The molecule has 2 N–H and O–H groups in total. The topological polar surface area (TPSA) is 60.0 Å². The molecule has 0 spiro atoms. The molecule has 1 aliphatic rings. The summed E-state index contributed by atoms with van der Waals surface area (Å²) in [6.45, 7) is 5.85. The molecule has 0 aliphatic carbocycles. The average molecular weight is 384 g/mol. The highest BCUT2D eigenvalue weighted by Gasteiger charge is 2.27. The minimum atomic E-state index is 0. The van der Waals surface area contributed by atoms with Gasteiger partial charge in [0.1, 0.15) is 0 Å². The first kappa shape index (κ1) is 19.5. The van der Waals surface area contributed by atoms with Gasteiger partial charge in [0, 0.05) is 55.4 Å². The van der Waals surface area contributed by atoms with Crippen molar-refractivity contribution >= 4 is 12.4 Å². The maximum atomic E-state index is 6.21. The van der Waals surface area contributed by atoms with Gasteiger partial charge in [-0.1, -0.05) is 37.3 Å². The summed E-state index contributed by atoms with van der Waals surface area (Å²) >= 11 is 0. The van der Waals surface area contributed by atoms with Gasteiger partial charge in [0.25, 0.3) is 0 Å². The van der Waals surface area contributed by atoms with E-state index in [0.717, 1.165) is 37.4 Å². The van der Waals surface area contributed by atoms with Crippen molar-refractivity contribution in [3.8, 4) is 11.3 Å². The van der Waals surface area contributed by atoms with Gasteiger partial charge in [-0.25, -0.2) is 0 Å². The molecule has 2 atom stereocenters. The Balaban J connectivity index is 0.00000210. The lowest BCUT2D eigenvalue weighted by Crippen LogP contribution is -2.28. The van der Waals surface area contributed by atoms with Crippen LogP contribution in [0.4, 0.5) is 0 Å². The summed E-state index contributed by atoms with van der Waals surface area (Å²) in [5, 5.41) is 4.87. The second-order valence-electron chi connectivity index (χ2n) is 7.26. The molecule has 142 valence electrons. The number of benzene rings is 1. The van der Waals surface area contributed by atoms with Gasteiger partial charge in [-0.05, 0) is 23.6 Å². The third kappa shape index (κ3) is 4.56. The van der Waals surface area contributed by atoms with E-state index in [4.69, 9.17) is 10.8 Å². The molecule has 0 radical (unpaired) electrons. The van der Waals surface area contributed by atoms with Crippen LogP contribution in [0, 0.1) is 5.92 Å². The summed E-state index contributed by atoms with van der Waals surface area (Å²) in [4.78, 5) is 6.70. The Bertz CT molecular complexity index is 840. The van der Waals surface area contributed by atoms with Crippen LogP contribution in [-0.4, -0.2) is 38.8 Å². The molecule has 5 nitrogen and oxygen atoms in total. The molecule has 1 saturated heterocycles. The molecule has 6 heteroatoms. The second kappa shape index (κ2) is 8.65. The van der Waals surface area contributed by atoms with Crippen molar-refractivity contribution in [1.82, 2.24) is 19.7 Å². The largest absolute Gasteiger partial charge is 0.326 e. The number of halogens is 1. The van der Waals surface area contributed by atoms with Crippen molar-refractivity contribution in [2.75, 3.05) is 13.1 Å². The molecule has 1 fully saturated rings. The van der Waals surface area contributed by atoms with Crippen molar-refractivity contribution in [3.05, 3.63) is 72.2 Å². The lowest BCUT2D eigenvalue weighted by atomic mass is 10.1. The predicted octanol–water partition coefficient (Wildman–Crippen LogP) is 3.19. The zero-order valence-corrected chi connectivity index (χ0v) is 16.3. The number of nitrogens with zero attached hydrogens (tertiary/aromatic N) is 4. The monoisotopic (exact) mass is 383 g/mol. The van der Waals surface area contributed by atoms with Crippen molar-refractivity contribution < 1.29 is 0 Å². The van der Waals surface area contributed by atoms with Crippen LogP contribution in [0.2, 0.25) is 0 Å². The first-order chi connectivity index (χ1) is 12.7. The van der Waals surface area contributed by atoms with Crippen LogP contribution in [-0.2, 0) is 13.1 Å². The minimum Gasteiger partial charge on any atom is -0.326 e. The van der Waals surface area contributed by atoms with Crippen molar-refractivity contribution in [2.24, 2.45) is 11.7 Å². The summed E-state index contributed by atoms with van der Waals surface area (Å²) in [7, 11) is 0. The molecule has 2 aromatic heterocycles. The van der Waals surface area contributed by atoms with Crippen LogP contribution in [0.15, 0.2) is 61.1 Å². The van der Waals surface area contributed by atoms with Gasteiger partial charge in [-0.15, -0.1) is 12.4 Å². The van der Waals surface area contributed by atoms with E-state index in [2.05, 4.69) is 53.3 Å². The van der Waals surface area contributed by atoms with Crippen LogP contribution in [0.25, 0.3) is 11.3 Å². The molecule has 27 heavy (non-hydrogen) atoms. The van der Waals surface area contributed by atoms with Crippen LogP contribution in [0.1, 0.15) is 18.1 Å². The van der Waals surface area contributed by atoms with E-state index < -0.39 is 0 Å². The molecular weight excluding hydrogens is 358 g/mol. The average Bonchev–Trinajstić information content (AvgIpc) is 3.19. The van der Waals surface area contributed by atoms with Crippen LogP contribution >= 0.6 is 12.4 Å². The molecule has 0 amide bonds. The van der Waals surface area contributed by atoms with Gasteiger partial charge in [-0.3, -0.25) is 14.6 Å². The summed E-state index contributed by atoms with van der Waals surface area (Å²) in [5.74, 6) is 0.538. The number of pyridine rings is 1. The number of nitrogens with two attached hydrogens (primary N) is 1. The van der Waals surface area contributed by atoms with Gasteiger partial charge in [0.05, 0.1) is 12.2 Å². The van der Waals surface area contributed by atoms with E-state index in [9.17, 15) is 0 Å². The van der Waals surface area contributed by atoms with Gasteiger partial charge in [0.15, 0.2) is 0 Å². The molecule has 0 bridgehead atoms. The van der Waals surface area contributed by atoms with E-state index in [0.29, 0.717) is 5.92 Å². The van der Waals surface area contributed by atoms with Crippen LogP contribution in [0.5, 0.6) is 0 Å². The Morgan fingerprint density at radius 1 is 1.07 bits per heavy atom. The smallest absolute Gasteiger partial charge is 0.0983 e. The lowest BCUT2D eigenvalue weighted by Gasteiger charge is -2.14.